The van der Waals surface area contributed by atoms with Gasteiger partial charge < -0.3 is 4.90 Å². The van der Waals surface area contributed by atoms with Gasteiger partial charge in [-0.3, -0.25) is 9.13 Å². The summed E-state index contributed by atoms with van der Waals surface area (Å²) >= 11 is 0. The summed E-state index contributed by atoms with van der Waals surface area (Å²) in [6.07, 6.45) is 7.36. The molecule has 1 aliphatic heterocycles. The lowest BCUT2D eigenvalue weighted by Gasteiger charge is -2.31. The molecule has 0 saturated carbocycles. The molecule has 4 rings (SSSR count). The molecule has 0 aliphatic carbocycles. The summed E-state index contributed by atoms with van der Waals surface area (Å²) in [4.78, 5) is 28.1. The Morgan fingerprint density at radius 1 is 1.04 bits per heavy atom. The second-order valence-electron chi connectivity index (χ2n) is 6.46. The van der Waals surface area contributed by atoms with Crippen LogP contribution in [0.15, 0.2) is 41.6 Å². The van der Waals surface area contributed by atoms with Crippen LogP contribution in [0.4, 0.5) is 5.95 Å². The van der Waals surface area contributed by atoms with Crippen LogP contribution >= 0.6 is 0 Å². The van der Waals surface area contributed by atoms with Crippen LogP contribution < -0.4 is 10.6 Å². The predicted octanol–water partition coefficient (Wildman–Crippen LogP) is 1.92. The third-order valence-electron chi connectivity index (χ3n) is 4.98. The number of fused-ring (bicyclic) bond motifs is 1. The van der Waals surface area contributed by atoms with Gasteiger partial charge in [0.1, 0.15) is 0 Å². The summed E-state index contributed by atoms with van der Waals surface area (Å²) in [6, 6.07) is 5.69. The summed E-state index contributed by atoms with van der Waals surface area (Å²) in [5.41, 5.74) is 1.76. The minimum atomic E-state index is 0.0463. The van der Waals surface area contributed by atoms with Crippen LogP contribution in [0.5, 0.6) is 0 Å². The number of aryl methyl sites for hydroxylation is 1. The molecule has 0 radical (unpaired) electrons. The average Bonchev–Trinajstić information content (AvgIpc) is 2.94. The number of pyridine rings is 1. The van der Waals surface area contributed by atoms with Crippen molar-refractivity contribution in [1.82, 2.24) is 24.1 Å². The smallest absolute Gasteiger partial charge is 0.330 e. The van der Waals surface area contributed by atoms with Gasteiger partial charge in [-0.05, 0) is 43.9 Å². The Kier molecular flexibility index (Phi) is 4.21. The van der Waals surface area contributed by atoms with Crippen molar-refractivity contribution in [3.8, 4) is 0 Å². The van der Waals surface area contributed by atoms with E-state index >= 15 is 0 Å². The molecule has 25 heavy (non-hydrogen) atoms. The van der Waals surface area contributed by atoms with Gasteiger partial charge in [0.25, 0.3) is 0 Å². The number of piperidine rings is 1. The monoisotopic (exact) mass is 338 g/mol. The number of anilines is 1. The van der Waals surface area contributed by atoms with E-state index in [4.69, 9.17) is 0 Å². The molecule has 4 heterocycles. The molecule has 0 aromatic carbocycles. The molecule has 7 heteroatoms. The topological polar surface area (TPSA) is 68.8 Å². The van der Waals surface area contributed by atoms with Gasteiger partial charge in [0, 0.05) is 44.8 Å². The van der Waals surface area contributed by atoms with E-state index in [0.717, 1.165) is 49.6 Å². The van der Waals surface area contributed by atoms with E-state index in [2.05, 4.69) is 19.9 Å². The van der Waals surface area contributed by atoms with Crippen LogP contribution in [-0.4, -0.2) is 37.2 Å². The Morgan fingerprint density at radius 3 is 2.48 bits per heavy atom. The zero-order valence-corrected chi connectivity index (χ0v) is 14.4. The molecule has 1 fully saturated rings. The molecule has 7 nitrogen and oxygen atoms in total. The van der Waals surface area contributed by atoms with Crippen LogP contribution in [-0.2, 0) is 13.1 Å². The second kappa shape index (κ2) is 6.66. The van der Waals surface area contributed by atoms with Gasteiger partial charge in [0.2, 0.25) is 5.95 Å². The molecule has 1 saturated heterocycles. The second-order valence-corrected chi connectivity index (χ2v) is 6.46. The first-order chi connectivity index (χ1) is 12.3. The molecule has 0 unspecified atom stereocenters. The third-order valence-corrected chi connectivity index (χ3v) is 4.98. The van der Waals surface area contributed by atoms with E-state index < -0.39 is 0 Å². The SMILES string of the molecule is CCn1c(=O)n(CC2CCN(c3ncccn3)CC2)c2ncccc21. The molecule has 0 N–H and O–H groups in total. The molecular weight excluding hydrogens is 316 g/mol. The lowest BCUT2D eigenvalue weighted by Crippen LogP contribution is -2.37. The first-order valence-electron chi connectivity index (χ1n) is 8.84. The van der Waals surface area contributed by atoms with E-state index in [-0.39, 0.29) is 5.69 Å². The molecule has 0 spiro atoms. The molecule has 1 aliphatic rings. The highest BCUT2D eigenvalue weighted by Gasteiger charge is 2.23. The van der Waals surface area contributed by atoms with Gasteiger partial charge in [-0.1, -0.05) is 0 Å². The maximum absolute atomic E-state index is 12.7. The predicted molar refractivity (Wildman–Crippen MR) is 96.6 cm³/mol. The van der Waals surface area contributed by atoms with Crippen molar-refractivity contribution in [2.75, 3.05) is 18.0 Å². The van der Waals surface area contributed by atoms with Gasteiger partial charge in [-0.2, -0.15) is 0 Å². The third kappa shape index (κ3) is 2.90. The van der Waals surface area contributed by atoms with Crippen LogP contribution in [0.3, 0.4) is 0 Å². The van der Waals surface area contributed by atoms with E-state index in [0.29, 0.717) is 12.5 Å². The van der Waals surface area contributed by atoms with E-state index in [1.165, 1.54) is 0 Å². The first kappa shape index (κ1) is 15.8. The van der Waals surface area contributed by atoms with Gasteiger partial charge in [0.05, 0.1) is 5.52 Å². The van der Waals surface area contributed by atoms with Crippen molar-refractivity contribution in [2.45, 2.75) is 32.9 Å². The number of hydrogen-bond acceptors (Lipinski definition) is 5. The molecule has 0 amide bonds. The molecular formula is C18H22N6O. The lowest BCUT2D eigenvalue weighted by molar-refractivity contribution is 0.352. The molecule has 130 valence electrons. The zero-order chi connectivity index (χ0) is 17.2. The summed E-state index contributed by atoms with van der Waals surface area (Å²) < 4.78 is 3.65. The van der Waals surface area contributed by atoms with Crippen molar-refractivity contribution in [3.63, 3.8) is 0 Å². The van der Waals surface area contributed by atoms with Crippen LogP contribution in [0.25, 0.3) is 11.2 Å². The van der Waals surface area contributed by atoms with Crippen LogP contribution in [0, 0.1) is 5.92 Å². The van der Waals surface area contributed by atoms with Gasteiger partial charge >= 0.3 is 5.69 Å². The highest BCUT2D eigenvalue weighted by molar-refractivity contribution is 5.71. The summed E-state index contributed by atoms with van der Waals surface area (Å²) in [5.74, 6) is 1.26. The fraction of sp³-hybridized carbons (Fsp3) is 0.444. The summed E-state index contributed by atoms with van der Waals surface area (Å²) in [6.45, 7) is 5.23. The standard InChI is InChI=1S/C18H22N6O/c1-2-23-15-5-3-8-19-16(15)24(18(23)25)13-14-6-11-22(12-7-14)17-20-9-4-10-21-17/h3-5,8-10,14H,2,6-7,11-13H2,1H3. The van der Waals surface area contributed by atoms with Crippen molar-refractivity contribution < 1.29 is 0 Å². The normalized spacial score (nSPS) is 15.8. The highest BCUT2D eigenvalue weighted by Crippen LogP contribution is 2.22. The summed E-state index contributed by atoms with van der Waals surface area (Å²) in [7, 11) is 0. The van der Waals surface area contributed by atoms with Crippen LogP contribution in [0.1, 0.15) is 19.8 Å². The molecule has 3 aromatic rings. The number of imidazole rings is 1. The Balaban J connectivity index is 1.52. The van der Waals surface area contributed by atoms with Crippen LogP contribution in [0.2, 0.25) is 0 Å². The highest BCUT2D eigenvalue weighted by atomic mass is 16.1. The fourth-order valence-corrected chi connectivity index (χ4v) is 3.64. The van der Waals surface area contributed by atoms with E-state index in [1.54, 1.807) is 23.2 Å². The zero-order valence-electron chi connectivity index (χ0n) is 14.4. The van der Waals surface area contributed by atoms with Crippen molar-refractivity contribution >= 4 is 17.1 Å². The minimum absolute atomic E-state index is 0.0463. The first-order valence-corrected chi connectivity index (χ1v) is 8.84. The van der Waals surface area contributed by atoms with Gasteiger partial charge in [-0.25, -0.2) is 19.7 Å². The maximum Gasteiger partial charge on any atom is 0.330 e. The van der Waals surface area contributed by atoms with E-state index in [1.807, 2.05) is 29.7 Å². The minimum Gasteiger partial charge on any atom is -0.341 e. The molecule has 0 atom stereocenters. The summed E-state index contributed by atoms with van der Waals surface area (Å²) in [5, 5.41) is 0. The number of nitrogens with zero attached hydrogens (tertiary/aromatic N) is 6. The molecule has 3 aromatic heterocycles. The largest absolute Gasteiger partial charge is 0.341 e. The number of hydrogen-bond donors (Lipinski definition) is 0. The van der Waals surface area contributed by atoms with Crippen molar-refractivity contribution in [2.24, 2.45) is 5.92 Å². The Morgan fingerprint density at radius 2 is 1.76 bits per heavy atom. The number of rotatable bonds is 4. The average molecular weight is 338 g/mol. The van der Waals surface area contributed by atoms with Crippen molar-refractivity contribution in [1.29, 1.82) is 0 Å². The Hall–Kier alpha value is -2.70. The fourth-order valence-electron chi connectivity index (χ4n) is 3.64. The van der Waals surface area contributed by atoms with E-state index in [9.17, 15) is 4.79 Å². The molecule has 0 bridgehead atoms. The lowest BCUT2D eigenvalue weighted by atomic mass is 9.97. The van der Waals surface area contributed by atoms with Gasteiger partial charge in [-0.15, -0.1) is 0 Å². The van der Waals surface area contributed by atoms with Gasteiger partial charge in [0.15, 0.2) is 5.65 Å². The number of aromatic nitrogens is 5. The quantitative estimate of drug-likeness (QED) is 0.727. The van der Waals surface area contributed by atoms with Crippen molar-refractivity contribution in [3.05, 3.63) is 47.3 Å². The Labute approximate surface area is 146 Å². The maximum atomic E-state index is 12.7. The Bertz CT molecular complexity index is 908.